The van der Waals surface area contributed by atoms with Crippen molar-refractivity contribution in [1.29, 1.82) is 5.26 Å². The topological polar surface area (TPSA) is 95.1 Å². The number of hydrogen-bond donors (Lipinski definition) is 2. The lowest BCUT2D eigenvalue weighted by molar-refractivity contribution is -0.113. The minimum Gasteiger partial charge on any atom is -0.468 e. The molecule has 2 heterocycles. The van der Waals surface area contributed by atoms with Crippen LogP contribution in [0.25, 0.3) is 0 Å². The van der Waals surface area contributed by atoms with Crippen molar-refractivity contribution in [2.45, 2.75) is 26.7 Å². The van der Waals surface area contributed by atoms with E-state index in [0.29, 0.717) is 38.9 Å². The van der Waals surface area contributed by atoms with Gasteiger partial charge in [0.05, 0.1) is 40.2 Å². The number of carbonyl (C=O) groups excluding carboxylic acids is 2. The van der Waals surface area contributed by atoms with E-state index >= 15 is 0 Å². The number of dihydropyridines is 1. The summed E-state index contributed by atoms with van der Waals surface area (Å²) in [7, 11) is 0. The number of amides is 1. The van der Waals surface area contributed by atoms with Gasteiger partial charge >= 0.3 is 0 Å². The number of benzene rings is 2. The van der Waals surface area contributed by atoms with E-state index in [9.17, 15) is 14.9 Å². The molecule has 176 valence electrons. The number of anilines is 1. The molecule has 0 fully saturated rings. The van der Waals surface area contributed by atoms with Gasteiger partial charge in [0.1, 0.15) is 5.76 Å². The molecule has 0 aliphatic carbocycles. The Balaban J connectivity index is 1.64. The van der Waals surface area contributed by atoms with Crippen molar-refractivity contribution < 1.29 is 14.0 Å². The average molecular weight is 484 g/mol. The molecule has 1 amide bonds. The highest BCUT2D eigenvalue weighted by Gasteiger charge is 2.36. The van der Waals surface area contributed by atoms with Crippen molar-refractivity contribution in [3.05, 3.63) is 111 Å². The molecule has 4 rings (SSSR count). The van der Waals surface area contributed by atoms with Gasteiger partial charge < -0.3 is 15.1 Å². The Labute approximate surface area is 208 Å². The van der Waals surface area contributed by atoms with E-state index in [0.717, 1.165) is 11.1 Å². The summed E-state index contributed by atoms with van der Waals surface area (Å²) in [6.07, 6.45) is 1.52. The van der Waals surface area contributed by atoms with Crippen LogP contribution >= 0.6 is 11.8 Å². The molecule has 0 saturated carbocycles. The summed E-state index contributed by atoms with van der Waals surface area (Å²) in [5.74, 6) is -0.420. The molecular formula is C28H25N3O3S. The fraction of sp³-hybridized carbons (Fsp3) is 0.179. The lowest BCUT2D eigenvalue weighted by Crippen LogP contribution is -2.31. The van der Waals surface area contributed by atoms with E-state index < -0.39 is 5.92 Å². The molecule has 0 bridgehead atoms. The first-order valence-corrected chi connectivity index (χ1v) is 12.1. The fourth-order valence-corrected chi connectivity index (χ4v) is 4.92. The van der Waals surface area contributed by atoms with Crippen molar-refractivity contribution in [3.8, 4) is 6.07 Å². The van der Waals surface area contributed by atoms with Crippen LogP contribution in [-0.4, -0.2) is 17.4 Å². The normalized spacial score (nSPS) is 15.4. The van der Waals surface area contributed by atoms with Crippen molar-refractivity contribution >= 4 is 29.1 Å². The van der Waals surface area contributed by atoms with E-state index in [4.69, 9.17) is 4.42 Å². The molecule has 0 unspecified atom stereocenters. The summed E-state index contributed by atoms with van der Waals surface area (Å²) >= 11 is 1.25. The lowest BCUT2D eigenvalue weighted by atomic mass is 9.85. The number of rotatable bonds is 7. The van der Waals surface area contributed by atoms with Gasteiger partial charge in [0, 0.05) is 16.9 Å². The number of Topliss-reactive ketones (excluding diaryl/α,β-unsaturated/α-hetero) is 1. The second-order valence-corrected chi connectivity index (χ2v) is 9.30. The van der Waals surface area contributed by atoms with E-state index in [1.54, 1.807) is 31.2 Å². The van der Waals surface area contributed by atoms with Crippen molar-refractivity contribution in [2.24, 2.45) is 0 Å². The van der Waals surface area contributed by atoms with E-state index in [1.807, 2.05) is 50.2 Å². The number of para-hydroxylation sites is 1. The predicted octanol–water partition coefficient (Wildman–Crippen LogP) is 5.85. The van der Waals surface area contributed by atoms with Gasteiger partial charge in [-0.2, -0.15) is 5.26 Å². The van der Waals surface area contributed by atoms with Crippen LogP contribution < -0.4 is 10.6 Å². The molecule has 1 aliphatic heterocycles. The van der Waals surface area contributed by atoms with Crippen LogP contribution in [0.3, 0.4) is 0 Å². The highest BCUT2D eigenvalue weighted by Crippen LogP contribution is 2.41. The summed E-state index contributed by atoms with van der Waals surface area (Å²) in [6, 6.07) is 20.6. The van der Waals surface area contributed by atoms with E-state index in [-0.39, 0.29) is 17.4 Å². The van der Waals surface area contributed by atoms with E-state index in [2.05, 4.69) is 16.7 Å². The number of nitrogens with one attached hydrogen (secondary N) is 2. The molecule has 0 radical (unpaired) electrons. The number of ketones is 1. The second kappa shape index (κ2) is 10.5. The Kier molecular flexibility index (Phi) is 7.23. The van der Waals surface area contributed by atoms with Crippen LogP contribution in [0.1, 0.15) is 40.1 Å². The lowest BCUT2D eigenvalue weighted by Gasteiger charge is -2.28. The SMILES string of the molecule is CC1=C(C(=O)Nc2ccccc2C)[C@@H](c2ccco2)C(C#N)=C(SCC(=O)c2ccc(C)cc2)N1. The molecule has 1 aromatic heterocycles. The van der Waals surface area contributed by atoms with Gasteiger partial charge in [-0.25, -0.2) is 0 Å². The molecule has 3 aromatic rings. The van der Waals surface area contributed by atoms with Crippen LogP contribution in [0.5, 0.6) is 0 Å². The number of nitriles is 1. The Morgan fingerprint density at radius 1 is 1.06 bits per heavy atom. The monoisotopic (exact) mass is 483 g/mol. The minimum atomic E-state index is -0.697. The number of thioether (sulfide) groups is 1. The molecule has 1 aliphatic rings. The first kappa shape index (κ1) is 24.1. The number of furan rings is 1. The van der Waals surface area contributed by atoms with Gasteiger partial charge in [-0.3, -0.25) is 9.59 Å². The van der Waals surface area contributed by atoms with Crippen LogP contribution in [0.2, 0.25) is 0 Å². The van der Waals surface area contributed by atoms with Crippen LogP contribution in [0, 0.1) is 25.2 Å². The third-order valence-corrected chi connectivity index (χ3v) is 6.85. The number of hydrogen-bond acceptors (Lipinski definition) is 6. The van der Waals surface area contributed by atoms with Gasteiger partial charge in [0.15, 0.2) is 5.78 Å². The van der Waals surface area contributed by atoms with Gasteiger partial charge in [-0.15, -0.1) is 0 Å². The molecule has 2 aromatic carbocycles. The number of nitrogens with zero attached hydrogens (tertiary/aromatic N) is 1. The van der Waals surface area contributed by atoms with Gasteiger partial charge in [0.2, 0.25) is 0 Å². The summed E-state index contributed by atoms with van der Waals surface area (Å²) < 4.78 is 5.66. The Hall–Kier alpha value is -4.02. The molecule has 2 N–H and O–H groups in total. The van der Waals surface area contributed by atoms with Gasteiger partial charge in [-0.1, -0.05) is 59.8 Å². The average Bonchev–Trinajstić information content (AvgIpc) is 3.38. The van der Waals surface area contributed by atoms with Gasteiger partial charge in [-0.05, 0) is 44.5 Å². The highest BCUT2D eigenvalue weighted by atomic mass is 32.2. The third kappa shape index (κ3) is 5.23. The molecule has 0 saturated heterocycles. The number of aryl methyl sites for hydroxylation is 2. The standard InChI is InChI=1S/C28H25N3O3S/c1-17-10-12-20(13-11-17)23(32)16-35-28-21(15-29)26(24-9-6-14-34-24)25(19(3)30-28)27(33)31-22-8-5-4-7-18(22)2/h4-14,26,30H,16H2,1-3H3,(H,31,33)/t26-/m1/s1. The third-order valence-electron chi connectivity index (χ3n) is 5.83. The highest BCUT2D eigenvalue weighted by molar-refractivity contribution is 8.03. The molecule has 1 atom stereocenters. The van der Waals surface area contributed by atoms with Crippen molar-refractivity contribution in [2.75, 3.05) is 11.1 Å². The number of carbonyl (C=O) groups is 2. The first-order valence-electron chi connectivity index (χ1n) is 11.1. The van der Waals surface area contributed by atoms with Crippen molar-refractivity contribution in [3.63, 3.8) is 0 Å². The zero-order chi connectivity index (χ0) is 24.9. The number of allylic oxidation sites excluding steroid dienone is 2. The Morgan fingerprint density at radius 3 is 2.46 bits per heavy atom. The molecular weight excluding hydrogens is 458 g/mol. The molecule has 35 heavy (non-hydrogen) atoms. The van der Waals surface area contributed by atoms with Crippen molar-refractivity contribution in [1.82, 2.24) is 5.32 Å². The zero-order valence-electron chi connectivity index (χ0n) is 19.7. The fourth-order valence-electron chi connectivity index (χ4n) is 3.93. The maximum atomic E-state index is 13.4. The first-order chi connectivity index (χ1) is 16.9. The summed E-state index contributed by atoms with van der Waals surface area (Å²) in [5.41, 5.74) is 4.65. The van der Waals surface area contributed by atoms with E-state index in [1.165, 1.54) is 18.0 Å². The zero-order valence-corrected chi connectivity index (χ0v) is 20.5. The second-order valence-electron chi connectivity index (χ2n) is 8.31. The maximum absolute atomic E-state index is 13.4. The van der Waals surface area contributed by atoms with Gasteiger partial charge in [0.25, 0.3) is 5.91 Å². The summed E-state index contributed by atoms with van der Waals surface area (Å²) in [4.78, 5) is 26.2. The summed E-state index contributed by atoms with van der Waals surface area (Å²) in [6.45, 7) is 5.68. The molecule has 0 spiro atoms. The quantitative estimate of drug-likeness (QED) is 0.410. The summed E-state index contributed by atoms with van der Waals surface area (Å²) in [5, 5.41) is 16.8. The Morgan fingerprint density at radius 2 is 1.80 bits per heavy atom. The largest absolute Gasteiger partial charge is 0.468 e. The van der Waals surface area contributed by atoms with Crippen LogP contribution in [-0.2, 0) is 4.79 Å². The maximum Gasteiger partial charge on any atom is 0.254 e. The molecule has 6 nitrogen and oxygen atoms in total. The Bertz CT molecular complexity index is 1360. The van der Waals surface area contributed by atoms with Crippen LogP contribution in [0.15, 0.2) is 93.2 Å². The predicted molar refractivity (Wildman–Crippen MR) is 138 cm³/mol. The van der Waals surface area contributed by atoms with Crippen LogP contribution in [0.4, 0.5) is 5.69 Å². The molecule has 7 heteroatoms. The minimum absolute atomic E-state index is 0.0409. The smallest absolute Gasteiger partial charge is 0.254 e.